The molecule has 0 aliphatic heterocycles. The average molecular weight is 367 g/mol. The van der Waals surface area contributed by atoms with Gasteiger partial charge in [-0.3, -0.25) is 4.79 Å². The van der Waals surface area contributed by atoms with Crippen LogP contribution in [0.15, 0.2) is 24.3 Å². The number of carbonyl (C=O) groups excluding carboxylic acids is 1. The van der Waals surface area contributed by atoms with E-state index >= 15 is 0 Å². The molecule has 0 aliphatic carbocycles. The Hall–Kier alpha value is -0.930. The van der Waals surface area contributed by atoms with E-state index in [4.69, 9.17) is 0 Å². The molecular weight excluding hydrogens is 322 g/mol. The summed E-state index contributed by atoms with van der Waals surface area (Å²) in [7, 11) is 5.90. The number of nitrogens with zero attached hydrogens (tertiary/aromatic N) is 1. The Labute approximate surface area is 162 Å². The predicted molar refractivity (Wildman–Crippen MR) is 113 cm³/mol. The first-order chi connectivity index (χ1) is 12.4. The van der Waals surface area contributed by atoms with Crippen LogP contribution in [0, 0.1) is 0 Å². The molecule has 3 heteroatoms. The van der Waals surface area contributed by atoms with Crippen LogP contribution in [-0.4, -0.2) is 49.2 Å². The van der Waals surface area contributed by atoms with Gasteiger partial charge in [-0.15, -0.1) is 0 Å². The van der Waals surface area contributed by atoms with E-state index in [-0.39, 0.29) is 18.4 Å². The highest BCUT2D eigenvalue weighted by Gasteiger charge is 2.29. The first-order valence-corrected chi connectivity index (χ1v) is 10.7. The third kappa shape index (κ3) is 14.3. The molecule has 0 fully saturated rings. The lowest BCUT2D eigenvalue weighted by Crippen LogP contribution is -2.51. The van der Waals surface area contributed by atoms with Crippen LogP contribution in [0.1, 0.15) is 84.0 Å². The van der Waals surface area contributed by atoms with Gasteiger partial charge in [0.2, 0.25) is 0 Å². The number of allylic oxidation sites excluding steroid dienone is 4. The smallest absolute Gasteiger partial charge is 0.192 e. The number of unbranched alkanes of at least 4 members (excludes halogenated alkanes) is 8. The zero-order chi connectivity index (χ0) is 19.7. The van der Waals surface area contributed by atoms with Gasteiger partial charge in [-0.2, -0.15) is 0 Å². The normalized spacial score (nSPS) is 13.7. The van der Waals surface area contributed by atoms with E-state index in [0.717, 1.165) is 25.7 Å². The molecule has 1 atom stereocenters. The van der Waals surface area contributed by atoms with Gasteiger partial charge < -0.3 is 9.59 Å². The number of ketones is 1. The Morgan fingerprint density at radius 3 is 1.92 bits per heavy atom. The van der Waals surface area contributed by atoms with Crippen LogP contribution in [-0.2, 0) is 4.79 Å². The van der Waals surface area contributed by atoms with Gasteiger partial charge in [-0.05, 0) is 38.5 Å². The van der Waals surface area contributed by atoms with Gasteiger partial charge >= 0.3 is 0 Å². The fraction of sp³-hybridized carbons (Fsp3) is 0.783. The third-order valence-electron chi connectivity index (χ3n) is 4.85. The quantitative estimate of drug-likeness (QED) is 0.211. The van der Waals surface area contributed by atoms with Crippen LogP contribution in [0.25, 0.3) is 0 Å². The Morgan fingerprint density at radius 1 is 0.846 bits per heavy atom. The van der Waals surface area contributed by atoms with Gasteiger partial charge in [0.1, 0.15) is 6.61 Å². The molecule has 0 amide bonds. The molecule has 26 heavy (non-hydrogen) atoms. The van der Waals surface area contributed by atoms with Crippen molar-refractivity contribution in [2.24, 2.45) is 0 Å². The second-order valence-electron chi connectivity index (χ2n) is 8.26. The Bertz CT molecular complexity index is 394. The zero-order valence-electron chi connectivity index (χ0n) is 17.9. The number of hydrogen-bond acceptors (Lipinski definition) is 2. The third-order valence-corrected chi connectivity index (χ3v) is 4.85. The van der Waals surface area contributed by atoms with Crippen molar-refractivity contribution in [3.05, 3.63) is 24.3 Å². The standard InChI is InChI=1S/C23H44NO2/c1-5-6-7-8-9-10-11-12-13-14-15-16-17-18-19-20-23(26)22(21-25)24(2,3)4/h9-10,12-13,22,25H,5-8,11,14-21H2,1-4H3/q+1/b10-9-,13-12-. The molecule has 0 spiro atoms. The minimum Gasteiger partial charge on any atom is -0.390 e. The van der Waals surface area contributed by atoms with Crippen molar-refractivity contribution in [1.29, 1.82) is 0 Å². The summed E-state index contributed by atoms with van der Waals surface area (Å²) < 4.78 is 0.510. The summed E-state index contributed by atoms with van der Waals surface area (Å²) in [5, 5.41) is 9.41. The van der Waals surface area contributed by atoms with Crippen molar-refractivity contribution in [3.63, 3.8) is 0 Å². The van der Waals surface area contributed by atoms with Crippen LogP contribution < -0.4 is 0 Å². The Morgan fingerprint density at radius 2 is 1.38 bits per heavy atom. The molecule has 0 heterocycles. The number of aliphatic hydroxyl groups is 1. The minimum atomic E-state index is -0.277. The van der Waals surface area contributed by atoms with Gasteiger partial charge in [0.15, 0.2) is 11.8 Å². The number of likely N-dealkylation sites (N-methyl/N-ethyl adjacent to an activating group) is 1. The molecule has 0 aromatic carbocycles. The van der Waals surface area contributed by atoms with Crippen molar-refractivity contribution in [3.8, 4) is 0 Å². The number of carbonyl (C=O) groups is 1. The summed E-state index contributed by atoms with van der Waals surface area (Å²) >= 11 is 0. The number of aliphatic hydroxyl groups excluding tert-OH is 1. The summed E-state index contributed by atoms with van der Waals surface area (Å²) in [6.45, 7) is 2.19. The van der Waals surface area contributed by atoms with Crippen LogP contribution in [0.5, 0.6) is 0 Å². The first kappa shape index (κ1) is 25.1. The molecule has 0 rings (SSSR count). The summed E-state index contributed by atoms with van der Waals surface area (Å²) in [4.78, 5) is 12.2. The lowest BCUT2D eigenvalue weighted by atomic mass is 10.0. The highest BCUT2D eigenvalue weighted by Crippen LogP contribution is 2.12. The van der Waals surface area contributed by atoms with Crippen LogP contribution in [0.2, 0.25) is 0 Å². The number of Topliss-reactive ketones (excluding diaryl/α,β-unsaturated/α-hetero) is 1. The van der Waals surface area contributed by atoms with E-state index in [1.165, 1.54) is 44.9 Å². The van der Waals surface area contributed by atoms with Crippen LogP contribution in [0.3, 0.4) is 0 Å². The maximum atomic E-state index is 12.2. The molecule has 0 bridgehead atoms. The van der Waals surface area contributed by atoms with E-state index in [1.807, 2.05) is 21.1 Å². The highest BCUT2D eigenvalue weighted by atomic mass is 16.3. The summed E-state index contributed by atoms with van der Waals surface area (Å²) in [5.74, 6) is 0.200. The minimum absolute atomic E-state index is 0.0530. The SMILES string of the molecule is CCCCC/C=C\C/C=C\CCCCCCCC(=O)C(CO)[N+](C)(C)C. The Kier molecular flexibility index (Phi) is 15.7. The number of hydrogen-bond donors (Lipinski definition) is 1. The van der Waals surface area contributed by atoms with E-state index in [2.05, 4.69) is 31.2 Å². The molecule has 152 valence electrons. The van der Waals surface area contributed by atoms with Crippen molar-refractivity contribution in [2.75, 3.05) is 27.7 Å². The molecule has 3 nitrogen and oxygen atoms in total. The number of rotatable bonds is 17. The number of quaternary nitrogens is 1. The topological polar surface area (TPSA) is 37.3 Å². The first-order valence-electron chi connectivity index (χ1n) is 10.7. The molecule has 0 saturated carbocycles. The highest BCUT2D eigenvalue weighted by molar-refractivity contribution is 5.83. The fourth-order valence-corrected chi connectivity index (χ4v) is 3.06. The van der Waals surface area contributed by atoms with E-state index in [0.29, 0.717) is 10.9 Å². The molecule has 0 aliphatic rings. The lowest BCUT2D eigenvalue weighted by Gasteiger charge is -2.31. The second-order valence-corrected chi connectivity index (χ2v) is 8.26. The summed E-state index contributed by atoms with van der Waals surface area (Å²) in [5.41, 5.74) is 0. The van der Waals surface area contributed by atoms with Crippen LogP contribution >= 0.6 is 0 Å². The average Bonchev–Trinajstić information content (AvgIpc) is 2.57. The monoisotopic (exact) mass is 366 g/mol. The van der Waals surface area contributed by atoms with E-state index in [1.54, 1.807) is 0 Å². The van der Waals surface area contributed by atoms with Crippen molar-refractivity contribution in [1.82, 2.24) is 0 Å². The molecule has 0 radical (unpaired) electrons. The lowest BCUT2D eigenvalue weighted by molar-refractivity contribution is -0.886. The summed E-state index contributed by atoms with van der Waals surface area (Å²) in [6, 6.07) is -0.277. The fourth-order valence-electron chi connectivity index (χ4n) is 3.06. The van der Waals surface area contributed by atoms with Gasteiger partial charge in [0, 0.05) is 6.42 Å². The maximum absolute atomic E-state index is 12.2. The van der Waals surface area contributed by atoms with Crippen LogP contribution in [0.4, 0.5) is 0 Å². The van der Waals surface area contributed by atoms with Crippen molar-refractivity contribution >= 4 is 5.78 Å². The Balaban J connectivity index is 3.53. The zero-order valence-corrected chi connectivity index (χ0v) is 17.9. The van der Waals surface area contributed by atoms with E-state index < -0.39 is 0 Å². The predicted octanol–water partition coefficient (Wildman–Crippen LogP) is 5.44. The van der Waals surface area contributed by atoms with Crippen molar-refractivity contribution in [2.45, 2.75) is 90.0 Å². The summed E-state index contributed by atoms with van der Waals surface area (Å²) in [6.07, 6.45) is 22.9. The second kappa shape index (κ2) is 16.3. The van der Waals surface area contributed by atoms with Crippen molar-refractivity contribution < 1.29 is 14.4 Å². The molecule has 0 saturated heterocycles. The van der Waals surface area contributed by atoms with Gasteiger partial charge in [0.05, 0.1) is 21.1 Å². The maximum Gasteiger partial charge on any atom is 0.192 e. The molecule has 0 aromatic rings. The molecule has 1 unspecified atom stereocenters. The van der Waals surface area contributed by atoms with Gasteiger partial charge in [-0.1, -0.05) is 63.3 Å². The molecule has 1 N–H and O–H groups in total. The molecule has 0 aromatic heterocycles. The van der Waals surface area contributed by atoms with E-state index in [9.17, 15) is 9.90 Å². The van der Waals surface area contributed by atoms with Gasteiger partial charge in [0.25, 0.3) is 0 Å². The van der Waals surface area contributed by atoms with Gasteiger partial charge in [-0.25, -0.2) is 0 Å². The molecular formula is C23H44NO2+. The largest absolute Gasteiger partial charge is 0.390 e.